The summed E-state index contributed by atoms with van der Waals surface area (Å²) in [6, 6.07) is 20.7. The van der Waals surface area contributed by atoms with Crippen molar-refractivity contribution >= 4 is 52.2 Å². The van der Waals surface area contributed by atoms with Gasteiger partial charge in [0.15, 0.2) is 0 Å². The van der Waals surface area contributed by atoms with Crippen LogP contribution in [0.15, 0.2) is 76.6 Å². The summed E-state index contributed by atoms with van der Waals surface area (Å²) in [5, 5.41) is 0.409. The Morgan fingerprint density at radius 2 is 1.61 bits per heavy atom. The Hall–Kier alpha value is -3.33. The maximum absolute atomic E-state index is 14.0. The van der Waals surface area contributed by atoms with Gasteiger partial charge in [0.1, 0.15) is 17.6 Å². The third-order valence-electron chi connectivity index (χ3n) is 6.94. The lowest BCUT2D eigenvalue weighted by Gasteiger charge is -2.31. The number of amides is 2. The van der Waals surface area contributed by atoms with E-state index >= 15 is 0 Å². The summed E-state index contributed by atoms with van der Waals surface area (Å²) < 4.78 is 6.27. The monoisotopic (exact) mass is 562 g/mol. The van der Waals surface area contributed by atoms with Crippen LogP contribution in [0.4, 0.5) is 5.69 Å². The minimum absolute atomic E-state index is 0.230. The highest BCUT2D eigenvalue weighted by molar-refractivity contribution is 8.00. The van der Waals surface area contributed by atoms with Gasteiger partial charge in [-0.15, -0.1) is 0 Å². The zero-order valence-corrected chi connectivity index (χ0v) is 23.0. The van der Waals surface area contributed by atoms with Crippen LogP contribution in [-0.2, 0) is 16.2 Å². The highest BCUT2D eigenvalue weighted by atomic mass is 35.5. The number of thioether (sulfide) groups is 1. The lowest BCUT2D eigenvalue weighted by atomic mass is 9.82. The van der Waals surface area contributed by atoms with Crippen molar-refractivity contribution in [3.63, 3.8) is 0 Å². The molecule has 0 saturated carbocycles. The minimum atomic E-state index is -0.715. The number of benzene rings is 3. The number of nitrogens with one attached hydrogen (secondary N) is 1. The topological polar surface area (TPSA) is 79.5 Å². The Morgan fingerprint density at radius 1 is 0.921 bits per heavy atom. The maximum Gasteiger partial charge on any atom is 0.305 e. The van der Waals surface area contributed by atoms with Crippen LogP contribution in [0.2, 0.25) is 5.02 Å². The van der Waals surface area contributed by atoms with Gasteiger partial charge < -0.3 is 9.72 Å². The lowest BCUT2D eigenvalue weighted by Crippen LogP contribution is -2.32. The molecule has 0 bridgehead atoms. The van der Waals surface area contributed by atoms with E-state index in [4.69, 9.17) is 16.3 Å². The zero-order valence-electron chi connectivity index (χ0n) is 20.6. The normalized spacial score (nSPS) is 20.4. The van der Waals surface area contributed by atoms with Crippen LogP contribution in [0.1, 0.15) is 33.0 Å². The second-order valence-corrected chi connectivity index (χ2v) is 12.2. The summed E-state index contributed by atoms with van der Waals surface area (Å²) in [5.74, 6) is -1.31. The van der Waals surface area contributed by atoms with Crippen LogP contribution in [-0.4, -0.2) is 22.0 Å². The SMILES string of the molecule is Cc1ccc(COc2ccc(Cl)cc2[C@H]2c3sc(=O)[nH]c3SC3C(=O)N(c4ccc(C)cc4)C(=O)C32)cc1. The van der Waals surface area contributed by atoms with Crippen molar-refractivity contribution in [1.29, 1.82) is 0 Å². The average Bonchev–Trinajstić information content (AvgIpc) is 3.39. The number of aromatic amines is 1. The molecule has 0 spiro atoms. The number of carbonyl (C=O) groups is 2. The number of H-pyrrole nitrogens is 1. The fourth-order valence-electron chi connectivity index (χ4n) is 5.04. The number of anilines is 1. The van der Waals surface area contributed by atoms with Gasteiger partial charge in [0.25, 0.3) is 0 Å². The quantitative estimate of drug-likeness (QED) is 0.298. The van der Waals surface area contributed by atoms with E-state index in [-0.39, 0.29) is 16.7 Å². The van der Waals surface area contributed by atoms with E-state index in [0.717, 1.165) is 32.9 Å². The first-order valence-electron chi connectivity index (χ1n) is 12.1. The highest BCUT2D eigenvalue weighted by Crippen LogP contribution is 2.54. The van der Waals surface area contributed by atoms with E-state index in [2.05, 4.69) is 4.98 Å². The van der Waals surface area contributed by atoms with Crippen LogP contribution in [0, 0.1) is 19.8 Å². The summed E-state index contributed by atoms with van der Waals surface area (Å²) in [5.41, 5.74) is 4.41. The molecule has 3 aromatic carbocycles. The van der Waals surface area contributed by atoms with Gasteiger partial charge in [-0.05, 0) is 49.7 Å². The van der Waals surface area contributed by atoms with Crippen LogP contribution in [0.5, 0.6) is 5.75 Å². The van der Waals surface area contributed by atoms with Gasteiger partial charge >= 0.3 is 4.87 Å². The number of imide groups is 1. The number of carbonyl (C=O) groups excluding carboxylic acids is 2. The number of hydrogen-bond acceptors (Lipinski definition) is 6. The summed E-state index contributed by atoms with van der Waals surface area (Å²) in [7, 11) is 0. The second-order valence-electron chi connectivity index (χ2n) is 9.55. The van der Waals surface area contributed by atoms with E-state index in [0.29, 0.717) is 33.7 Å². The van der Waals surface area contributed by atoms with Gasteiger partial charge in [-0.25, -0.2) is 4.90 Å². The summed E-state index contributed by atoms with van der Waals surface area (Å²) in [6.07, 6.45) is 0. The minimum Gasteiger partial charge on any atom is -0.489 e. The van der Waals surface area contributed by atoms with Crippen molar-refractivity contribution in [3.8, 4) is 5.75 Å². The van der Waals surface area contributed by atoms with E-state index < -0.39 is 17.1 Å². The second kappa shape index (κ2) is 9.76. The molecule has 1 N–H and O–H groups in total. The maximum atomic E-state index is 14.0. The molecule has 1 fully saturated rings. The molecule has 4 aromatic rings. The first kappa shape index (κ1) is 25.0. The molecule has 1 saturated heterocycles. The molecule has 2 aliphatic heterocycles. The Bertz CT molecular complexity index is 1610. The highest BCUT2D eigenvalue weighted by Gasteiger charge is 2.56. The van der Waals surface area contributed by atoms with Crippen LogP contribution < -0.4 is 14.5 Å². The summed E-state index contributed by atoms with van der Waals surface area (Å²) in [6.45, 7) is 4.30. The average molecular weight is 563 g/mol. The third kappa shape index (κ3) is 4.36. The molecule has 3 heterocycles. The van der Waals surface area contributed by atoms with Crippen molar-refractivity contribution in [2.75, 3.05) is 4.90 Å². The van der Waals surface area contributed by atoms with Crippen molar-refractivity contribution in [2.45, 2.75) is 36.6 Å². The number of aryl methyl sites for hydroxylation is 2. The van der Waals surface area contributed by atoms with Gasteiger partial charge in [0, 0.05) is 21.4 Å². The Balaban J connectivity index is 1.44. The van der Waals surface area contributed by atoms with Crippen LogP contribution in [0.25, 0.3) is 0 Å². The zero-order chi connectivity index (χ0) is 26.6. The largest absolute Gasteiger partial charge is 0.489 e. The first-order chi connectivity index (χ1) is 18.3. The molecule has 2 aliphatic rings. The van der Waals surface area contributed by atoms with Gasteiger partial charge in [-0.1, -0.05) is 82.2 Å². The lowest BCUT2D eigenvalue weighted by molar-refractivity contribution is -0.122. The van der Waals surface area contributed by atoms with Crippen molar-refractivity contribution in [1.82, 2.24) is 4.98 Å². The van der Waals surface area contributed by atoms with Crippen molar-refractivity contribution in [3.05, 3.63) is 109 Å². The summed E-state index contributed by atoms with van der Waals surface area (Å²) >= 11 is 8.77. The fraction of sp³-hybridized carbons (Fsp3) is 0.207. The molecule has 6 nitrogen and oxygen atoms in total. The molecule has 1 aromatic heterocycles. The third-order valence-corrected chi connectivity index (χ3v) is 9.57. The van der Waals surface area contributed by atoms with Crippen LogP contribution >= 0.6 is 34.7 Å². The van der Waals surface area contributed by atoms with E-state index in [1.807, 2.05) is 50.2 Å². The van der Waals surface area contributed by atoms with Crippen molar-refractivity contribution in [2.24, 2.45) is 5.92 Å². The first-order valence-corrected chi connectivity index (χ1v) is 14.2. The van der Waals surface area contributed by atoms with Gasteiger partial charge in [0.2, 0.25) is 11.8 Å². The molecule has 2 unspecified atom stereocenters. The Labute approximate surface area is 232 Å². The number of halogens is 1. The predicted molar refractivity (Wildman–Crippen MR) is 151 cm³/mol. The van der Waals surface area contributed by atoms with E-state index in [1.165, 1.54) is 16.7 Å². The fourth-order valence-corrected chi connectivity index (χ4v) is 7.73. The Morgan fingerprint density at radius 3 is 2.32 bits per heavy atom. The molecule has 192 valence electrons. The molecule has 0 radical (unpaired) electrons. The standard InChI is InChI=1S/C29H23ClN2O4S2/c1-15-3-7-17(8-4-15)14-36-21-12-9-18(30)13-20(21)22-23-25(37-26-24(22)38-29(35)31-26)28(34)32(27(23)33)19-10-5-16(2)6-11-19/h3-13,22-23,25H,14H2,1-2H3,(H,31,35)/t22-,23?,25?/m1/s1. The van der Waals surface area contributed by atoms with E-state index in [1.54, 1.807) is 30.3 Å². The van der Waals surface area contributed by atoms with Gasteiger partial charge in [0.05, 0.1) is 16.6 Å². The smallest absolute Gasteiger partial charge is 0.305 e. The number of ether oxygens (including phenoxy) is 1. The number of thiazole rings is 1. The number of fused-ring (bicyclic) bond motifs is 2. The number of aromatic nitrogens is 1. The number of hydrogen-bond donors (Lipinski definition) is 1. The summed E-state index contributed by atoms with van der Waals surface area (Å²) in [4.78, 5) is 44.7. The molecule has 2 amide bonds. The molecule has 3 atom stereocenters. The van der Waals surface area contributed by atoms with Gasteiger partial charge in [-0.3, -0.25) is 14.4 Å². The molecular formula is C29H23ClN2O4S2. The van der Waals surface area contributed by atoms with Crippen LogP contribution in [0.3, 0.4) is 0 Å². The van der Waals surface area contributed by atoms with E-state index in [9.17, 15) is 14.4 Å². The molecule has 38 heavy (non-hydrogen) atoms. The molecule has 6 rings (SSSR count). The molecular weight excluding hydrogens is 540 g/mol. The van der Waals surface area contributed by atoms with Crippen molar-refractivity contribution < 1.29 is 14.3 Å². The number of rotatable bonds is 5. The van der Waals surface area contributed by atoms with Gasteiger partial charge in [-0.2, -0.15) is 0 Å². The Kier molecular flexibility index (Phi) is 6.42. The molecule has 9 heteroatoms. The predicted octanol–water partition coefficient (Wildman–Crippen LogP) is 6.08. The molecule has 0 aliphatic carbocycles. The number of nitrogens with zero attached hydrogens (tertiary/aromatic N) is 1.